The van der Waals surface area contributed by atoms with Crippen molar-refractivity contribution in [1.29, 1.82) is 0 Å². The molecule has 0 unspecified atom stereocenters. The molecule has 0 atom stereocenters. The molecule has 1 amide bonds. The van der Waals surface area contributed by atoms with Crippen molar-refractivity contribution in [1.82, 2.24) is 5.32 Å². The zero-order valence-corrected chi connectivity index (χ0v) is 17.9. The van der Waals surface area contributed by atoms with Crippen molar-refractivity contribution in [3.05, 3.63) is 0 Å². The van der Waals surface area contributed by atoms with Gasteiger partial charge < -0.3 is 14.8 Å². The summed E-state index contributed by atoms with van der Waals surface area (Å²) in [4.78, 5) is 11.5. The fraction of sp³-hybridized carbons (Fsp3) is 0.957. The van der Waals surface area contributed by atoms with Crippen molar-refractivity contribution in [3.8, 4) is 0 Å². The SMILES string of the molecule is CCCCCCCCCCCCCCCCCCNC(=O)OCC1COC1. The van der Waals surface area contributed by atoms with Gasteiger partial charge >= 0.3 is 6.09 Å². The molecule has 0 saturated carbocycles. The smallest absolute Gasteiger partial charge is 0.407 e. The predicted octanol–water partition coefficient (Wildman–Crippen LogP) is 6.62. The van der Waals surface area contributed by atoms with E-state index in [1.54, 1.807) is 0 Å². The third-order valence-corrected chi connectivity index (χ3v) is 5.46. The molecule has 1 heterocycles. The maximum Gasteiger partial charge on any atom is 0.407 e. The van der Waals surface area contributed by atoms with Crippen LogP contribution in [0.4, 0.5) is 4.79 Å². The molecule has 1 rings (SSSR count). The normalized spacial score (nSPS) is 14.1. The molecular formula is C23H45NO3. The maximum atomic E-state index is 11.5. The molecule has 0 bridgehead atoms. The molecule has 1 fully saturated rings. The first-order valence-corrected chi connectivity index (χ1v) is 11.8. The summed E-state index contributed by atoms with van der Waals surface area (Å²) >= 11 is 0. The Bertz CT molecular complexity index is 332. The van der Waals surface area contributed by atoms with E-state index in [1.165, 1.54) is 96.3 Å². The van der Waals surface area contributed by atoms with E-state index in [1.807, 2.05) is 0 Å². The molecule has 0 aromatic heterocycles. The van der Waals surface area contributed by atoms with Crippen molar-refractivity contribution in [2.75, 3.05) is 26.4 Å². The van der Waals surface area contributed by atoms with E-state index in [0.29, 0.717) is 12.5 Å². The highest BCUT2D eigenvalue weighted by Crippen LogP contribution is 2.13. The summed E-state index contributed by atoms with van der Waals surface area (Å²) in [5.74, 6) is 0.409. The number of alkyl carbamates (subject to hydrolysis) is 1. The Balaban J connectivity index is 1.66. The van der Waals surface area contributed by atoms with E-state index in [4.69, 9.17) is 9.47 Å². The fourth-order valence-electron chi connectivity index (χ4n) is 3.49. The van der Waals surface area contributed by atoms with Crippen LogP contribution in [0.1, 0.15) is 110 Å². The number of hydrogen-bond donors (Lipinski definition) is 1. The predicted molar refractivity (Wildman–Crippen MR) is 113 cm³/mol. The van der Waals surface area contributed by atoms with E-state index >= 15 is 0 Å². The average molecular weight is 384 g/mol. The lowest BCUT2D eigenvalue weighted by Crippen LogP contribution is -2.35. The fourth-order valence-corrected chi connectivity index (χ4v) is 3.49. The molecule has 1 aliphatic rings. The number of amides is 1. The van der Waals surface area contributed by atoms with Crippen molar-refractivity contribution < 1.29 is 14.3 Å². The van der Waals surface area contributed by atoms with Gasteiger partial charge in [-0.15, -0.1) is 0 Å². The minimum Gasteiger partial charge on any atom is -0.449 e. The number of carbonyl (C=O) groups is 1. The van der Waals surface area contributed by atoms with Crippen LogP contribution in [0, 0.1) is 5.92 Å². The zero-order chi connectivity index (χ0) is 19.4. The zero-order valence-electron chi connectivity index (χ0n) is 17.9. The summed E-state index contributed by atoms with van der Waals surface area (Å²) in [7, 11) is 0. The van der Waals surface area contributed by atoms with Gasteiger partial charge in [0.15, 0.2) is 0 Å². The van der Waals surface area contributed by atoms with Crippen molar-refractivity contribution in [3.63, 3.8) is 0 Å². The Labute approximate surface area is 168 Å². The Morgan fingerprint density at radius 2 is 1.22 bits per heavy atom. The molecule has 4 nitrogen and oxygen atoms in total. The van der Waals surface area contributed by atoms with Crippen LogP contribution in [-0.4, -0.2) is 32.5 Å². The third kappa shape index (κ3) is 15.9. The molecule has 1 N–H and O–H groups in total. The van der Waals surface area contributed by atoms with Gasteiger partial charge in [0, 0.05) is 12.5 Å². The van der Waals surface area contributed by atoms with Gasteiger partial charge in [-0.3, -0.25) is 0 Å². The van der Waals surface area contributed by atoms with Crippen molar-refractivity contribution in [2.24, 2.45) is 5.92 Å². The molecule has 0 aliphatic carbocycles. The molecule has 27 heavy (non-hydrogen) atoms. The van der Waals surface area contributed by atoms with Gasteiger partial charge in [0.1, 0.15) is 6.61 Å². The van der Waals surface area contributed by atoms with E-state index in [9.17, 15) is 4.79 Å². The maximum absolute atomic E-state index is 11.5. The summed E-state index contributed by atoms with van der Waals surface area (Å²) in [6, 6.07) is 0. The standard InChI is InChI=1S/C23H45NO3/c1-2-3-4-5-6-7-8-9-10-11-12-13-14-15-16-17-18-24-23(25)27-21-22-19-26-20-22/h22H,2-21H2,1H3,(H,24,25). The topological polar surface area (TPSA) is 47.6 Å². The van der Waals surface area contributed by atoms with Gasteiger partial charge in [-0.25, -0.2) is 4.79 Å². The van der Waals surface area contributed by atoms with Crippen LogP contribution in [0.5, 0.6) is 0 Å². The van der Waals surface area contributed by atoms with E-state index in [2.05, 4.69) is 12.2 Å². The lowest BCUT2D eigenvalue weighted by molar-refractivity contribution is -0.0579. The number of hydrogen-bond acceptors (Lipinski definition) is 3. The summed E-state index contributed by atoms with van der Waals surface area (Å²) < 4.78 is 10.2. The minimum absolute atomic E-state index is 0.275. The van der Waals surface area contributed by atoms with Crippen LogP contribution in [0.3, 0.4) is 0 Å². The van der Waals surface area contributed by atoms with Crippen LogP contribution in [-0.2, 0) is 9.47 Å². The summed E-state index contributed by atoms with van der Waals surface area (Å²) in [6.07, 6.45) is 21.6. The molecule has 0 spiro atoms. The second kappa shape index (κ2) is 18.6. The molecule has 1 aliphatic heterocycles. The highest BCUT2D eigenvalue weighted by Gasteiger charge is 2.19. The second-order valence-corrected chi connectivity index (χ2v) is 8.23. The Hall–Kier alpha value is -0.770. The summed E-state index contributed by atoms with van der Waals surface area (Å²) in [6.45, 7) is 4.96. The lowest BCUT2D eigenvalue weighted by atomic mass is 10.0. The van der Waals surface area contributed by atoms with Gasteiger partial charge in [-0.1, -0.05) is 103 Å². The highest BCUT2D eigenvalue weighted by atomic mass is 16.6. The van der Waals surface area contributed by atoms with Gasteiger partial charge in [-0.05, 0) is 6.42 Å². The van der Waals surface area contributed by atoms with Gasteiger partial charge in [0.2, 0.25) is 0 Å². The van der Waals surface area contributed by atoms with E-state index in [0.717, 1.165) is 26.2 Å². The molecular weight excluding hydrogens is 338 g/mol. The molecule has 4 heteroatoms. The van der Waals surface area contributed by atoms with Crippen LogP contribution in [0.15, 0.2) is 0 Å². The van der Waals surface area contributed by atoms with Crippen LogP contribution >= 0.6 is 0 Å². The second-order valence-electron chi connectivity index (χ2n) is 8.23. The Kier molecular flexibility index (Phi) is 16.7. The summed E-state index contributed by atoms with van der Waals surface area (Å²) in [5.41, 5.74) is 0. The molecule has 0 radical (unpaired) electrons. The minimum atomic E-state index is -0.275. The first-order valence-electron chi connectivity index (χ1n) is 11.8. The number of ether oxygens (including phenoxy) is 2. The van der Waals surface area contributed by atoms with Gasteiger partial charge in [0.05, 0.1) is 13.2 Å². The monoisotopic (exact) mass is 383 g/mol. The van der Waals surface area contributed by atoms with Gasteiger partial charge in [0.25, 0.3) is 0 Å². The van der Waals surface area contributed by atoms with Crippen LogP contribution in [0.25, 0.3) is 0 Å². The van der Waals surface area contributed by atoms with Crippen LogP contribution in [0.2, 0.25) is 0 Å². The number of rotatable bonds is 19. The molecule has 1 saturated heterocycles. The molecule has 160 valence electrons. The Morgan fingerprint density at radius 3 is 1.63 bits per heavy atom. The molecule has 0 aromatic rings. The van der Waals surface area contributed by atoms with E-state index < -0.39 is 0 Å². The van der Waals surface area contributed by atoms with Crippen molar-refractivity contribution >= 4 is 6.09 Å². The summed E-state index contributed by atoms with van der Waals surface area (Å²) in [5, 5.41) is 2.83. The Morgan fingerprint density at radius 1 is 0.778 bits per heavy atom. The number of nitrogens with one attached hydrogen (secondary N) is 1. The largest absolute Gasteiger partial charge is 0.449 e. The average Bonchev–Trinajstić information content (AvgIpc) is 2.63. The van der Waals surface area contributed by atoms with Gasteiger partial charge in [-0.2, -0.15) is 0 Å². The first kappa shape index (κ1) is 24.3. The van der Waals surface area contributed by atoms with E-state index in [-0.39, 0.29) is 6.09 Å². The molecule has 0 aromatic carbocycles. The number of carbonyl (C=O) groups excluding carboxylic acids is 1. The highest BCUT2D eigenvalue weighted by molar-refractivity contribution is 5.67. The van der Waals surface area contributed by atoms with Crippen LogP contribution < -0.4 is 5.32 Å². The lowest BCUT2D eigenvalue weighted by Gasteiger charge is -2.25. The third-order valence-electron chi connectivity index (χ3n) is 5.46. The number of unbranched alkanes of at least 4 members (excludes halogenated alkanes) is 15. The first-order chi connectivity index (χ1) is 13.3. The quantitative estimate of drug-likeness (QED) is 0.255. The van der Waals surface area contributed by atoms with Crippen molar-refractivity contribution in [2.45, 2.75) is 110 Å².